The number of nitrogens with one attached hydrogen (secondary N) is 4. The molecule has 5 heterocycles. The number of hydrogen-bond acceptors (Lipinski definition) is 11. The number of rotatable bonds is 10. The number of amides is 4. The Labute approximate surface area is 342 Å². The van der Waals surface area contributed by atoms with Crippen LogP contribution in [0.3, 0.4) is 0 Å². The summed E-state index contributed by atoms with van der Waals surface area (Å²) in [6, 6.07) is 8.55. The molecule has 3 saturated heterocycles. The second-order valence-corrected chi connectivity index (χ2v) is 16.3. The molecule has 16 heteroatoms. The van der Waals surface area contributed by atoms with E-state index in [4.69, 9.17) is 4.74 Å². The van der Waals surface area contributed by atoms with Crippen LogP contribution in [0.2, 0.25) is 0 Å². The van der Waals surface area contributed by atoms with E-state index < -0.39 is 11.9 Å². The molecule has 2 aromatic heterocycles. The summed E-state index contributed by atoms with van der Waals surface area (Å²) in [5.41, 5.74) is 1.86. The van der Waals surface area contributed by atoms with E-state index in [0.29, 0.717) is 54.2 Å². The van der Waals surface area contributed by atoms with Crippen molar-refractivity contribution in [3.8, 4) is 11.3 Å². The number of pyridine rings is 1. The van der Waals surface area contributed by atoms with Crippen molar-refractivity contribution in [3.63, 3.8) is 0 Å². The maximum absolute atomic E-state index is 15.3. The molecule has 5 aliphatic rings. The van der Waals surface area contributed by atoms with Gasteiger partial charge >= 0.3 is 0 Å². The summed E-state index contributed by atoms with van der Waals surface area (Å²) in [5, 5.41) is 12.1. The van der Waals surface area contributed by atoms with E-state index in [1.165, 1.54) is 17.2 Å². The highest BCUT2D eigenvalue weighted by Gasteiger charge is 2.33. The van der Waals surface area contributed by atoms with Gasteiger partial charge in [0, 0.05) is 53.6 Å². The zero-order valence-corrected chi connectivity index (χ0v) is 32.6. The molecule has 2 saturated carbocycles. The molecule has 58 heavy (non-hydrogen) atoms. The molecule has 0 bridgehead atoms. The number of likely N-dealkylation sites (tertiary alicyclic amines) is 1. The van der Waals surface area contributed by atoms with Gasteiger partial charge in [0.25, 0.3) is 5.91 Å². The van der Waals surface area contributed by atoms with E-state index in [1.807, 2.05) is 12.1 Å². The molecule has 3 aromatic rings. The van der Waals surface area contributed by atoms with Crippen LogP contribution in [0.1, 0.15) is 94.2 Å². The fourth-order valence-electron chi connectivity index (χ4n) is 9.26. The Morgan fingerprint density at radius 3 is 2.36 bits per heavy atom. The number of imide groups is 1. The van der Waals surface area contributed by atoms with E-state index in [1.54, 1.807) is 12.1 Å². The van der Waals surface area contributed by atoms with Crippen LogP contribution < -0.4 is 26.2 Å². The topological polar surface area (TPSA) is 171 Å². The maximum atomic E-state index is 15.3. The van der Waals surface area contributed by atoms with Crippen LogP contribution in [0, 0.1) is 17.6 Å². The summed E-state index contributed by atoms with van der Waals surface area (Å²) < 4.78 is 35.4. The van der Waals surface area contributed by atoms with Crippen molar-refractivity contribution in [1.82, 2.24) is 30.5 Å². The fourth-order valence-corrected chi connectivity index (χ4v) is 9.26. The molecule has 8 rings (SSSR count). The first-order chi connectivity index (χ1) is 28.2. The fraction of sp³-hybridized carbons (Fsp3) is 0.548. The molecule has 4 amide bonds. The Kier molecular flexibility index (Phi) is 12.2. The summed E-state index contributed by atoms with van der Waals surface area (Å²) in [7, 11) is 0. The minimum Gasteiger partial charge on any atom is -0.374 e. The molecule has 3 aliphatic heterocycles. The molecule has 0 radical (unpaired) electrons. The van der Waals surface area contributed by atoms with Crippen LogP contribution in [-0.2, 0) is 23.9 Å². The number of hydrogen-bond donors (Lipinski definition) is 4. The molecule has 2 aliphatic carbocycles. The number of morpholine rings is 1. The summed E-state index contributed by atoms with van der Waals surface area (Å²) in [6.45, 7) is 2.57. The number of anilines is 3. The summed E-state index contributed by atoms with van der Waals surface area (Å²) in [4.78, 5) is 66.3. The number of halogens is 2. The van der Waals surface area contributed by atoms with Gasteiger partial charge in [-0.05, 0) is 119 Å². The third-order valence-electron chi connectivity index (χ3n) is 12.6. The van der Waals surface area contributed by atoms with Gasteiger partial charge in [-0.1, -0.05) is 6.07 Å². The largest absolute Gasteiger partial charge is 0.374 e. The second kappa shape index (κ2) is 17.8. The quantitative estimate of drug-likeness (QED) is 0.187. The SMILES string of the molecule is O=C1CCC(Nc2ccc(C3CCN(C4CCC(NC(=O)C5CCC(Nc6ncc(F)c(-c7ccnc(N8CCOCC8=O)c7)n6)CC5)CC4)CC3)c(F)c2)C(=O)N1.[HH].[HH].[HH].[HH]. The number of aromatic nitrogens is 3. The van der Waals surface area contributed by atoms with Crippen molar-refractivity contribution in [2.75, 3.05) is 48.4 Å². The molecule has 5 fully saturated rings. The number of ether oxygens (including phenoxy) is 1. The van der Waals surface area contributed by atoms with E-state index in [9.17, 15) is 23.6 Å². The molecule has 1 aromatic carbocycles. The predicted molar refractivity (Wildman–Crippen MR) is 220 cm³/mol. The molecule has 1 atom stereocenters. The monoisotopic (exact) mass is 807 g/mol. The van der Waals surface area contributed by atoms with Gasteiger partial charge in [0.1, 0.15) is 30.0 Å². The third-order valence-corrected chi connectivity index (χ3v) is 12.6. The molecule has 1 unspecified atom stereocenters. The van der Waals surface area contributed by atoms with E-state index in [0.717, 1.165) is 83.5 Å². The first-order valence-electron chi connectivity index (χ1n) is 20.7. The average molecular weight is 808 g/mol. The van der Waals surface area contributed by atoms with E-state index in [2.05, 4.69) is 41.1 Å². The Morgan fingerprint density at radius 2 is 1.62 bits per heavy atom. The smallest absolute Gasteiger partial charge is 0.254 e. The first-order valence-corrected chi connectivity index (χ1v) is 20.7. The molecule has 4 N–H and O–H groups in total. The number of carbonyl (C=O) groups excluding carboxylic acids is 4. The number of carbonyl (C=O) groups is 4. The van der Waals surface area contributed by atoms with Crippen LogP contribution >= 0.6 is 0 Å². The highest BCUT2D eigenvalue weighted by atomic mass is 19.1. The zero-order chi connectivity index (χ0) is 40.2. The van der Waals surface area contributed by atoms with Gasteiger partial charge in [-0.2, -0.15) is 0 Å². The van der Waals surface area contributed by atoms with Gasteiger partial charge in [0.05, 0.1) is 19.3 Å². The van der Waals surface area contributed by atoms with Gasteiger partial charge < -0.3 is 25.6 Å². The minimum absolute atomic E-state index is 0. The van der Waals surface area contributed by atoms with Gasteiger partial charge in [-0.25, -0.2) is 23.7 Å². The normalized spacial score (nSPS) is 26.2. The lowest BCUT2D eigenvalue weighted by Gasteiger charge is -2.41. The van der Waals surface area contributed by atoms with Crippen molar-refractivity contribution in [2.24, 2.45) is 5.92 Å². The first kappa shape index (κ1) is 39.7. The van der Waals surface area contributed by atoms with Crippen LogP contribution in [0.5, 0.6) is 0 Å². The van der Waals surface area contributed by atoms with Crippen molar-refractivity contribution in [3.05, 3.63) is 59.9 Å². The number of nitrogens with zero attached hydrogens (tertiary/aromatic N) is 5. The molecule has 0 spiro atoms. The van der Waals surface area contributed by atoms with Crippen LogP contribution in [0.4, 0.5) is 26.2 Å². The zero-order valence-electron chi connectivity index (χ0n) is 32.6. The predicted octanol–water partition coefficient (Wildman–Crippen LogP) is 5.66. The van der Waals surface area contributed by atoms with Crippen LogP contribution in [0.25, 0.3) is 11.3 Å². The van der Waals surface area contributed by atoms with E-state index in [-0.39, 0.29) is 77.8 Å². The van der Waals surface area contributed by atoms with Crippen molar-refractivity contribution >= 4 is 41.1 Å². The number of piperidine rings is 2. The lowest BCUT2D eigenvalue weighted by molar-refractivity contribution is -0.133. The lowest BCUT2D eigenvalue weighted by atomic mass is 9.83. The summed E-state index contributed by atoms with van der Waals surface area (Å²) in [6.07, 6.45) is 12.0. The average Bonchev–Trinajstić information content (AvgIpc) is 3.23. The van der Waals surface area contributed by atoms with Gasteiger partial charge in [-0.15, -0.1) is 0 Å². The van der Waals surface area contributed by atoms with Crippen molar-refractivity contribution in [2.45, 2.75) is 107 Å². The van der Waals surface area contributed by atoms with Crippen molar-refractivity contribution in [1.29, 1.82) is 0 Å². The Morgan fingerprint density at radius 1 is 0.845 bits per heavy atom. The van der Waals surface area contributed by atoms with Gasteiger partial charge in [0.2, 0.25) is 23.7 Å². The number of benzene rings is 1. The standard InChI is InChI=1S/C42H51F2N9O5.4H2/c43-33-22-30(47-35-11-12-37(54)50-41(35)57)7-10-32(33)25-14-17-52(18-15-25)31-8-5-28(6-9-31)48-40(56)26-1-3-29(4-2-26)49-42-46-23-34(44)39(51-42)27-13-16-45-36(21-27)53-19-20-58-24-38(53)55;;;;/h7,10,13,16,21-23,25-26,28-29,31,35,47H,1-6,8-9,11-12,14-15,17-20,24H2,(H,48,56)(H,46,49,51)(H,50,54,57);4*1H. The maximum Gasteiger partial charge on any atom is 0.254 e. The van der Waals surface area contributed by atoms with Crippen LogP contribution in [-0.4, -0.2) is 100 Å². The molecule has 316 valence electrons. The van der Waals surface area contributed by atoms with Gasteiger partial charge in [0.15, 0.2) is 5.82 Å². The second-order valence-electron chi connectivity index (χ2n) is 16.3. The molecular formula is C42H59F2N9O5. The highest BCUT2D eigenvalue weighted by molar-refractivity contribution is 6.01. The summed E-state index contributed by atoms with van der Waals surface area (Å²) >= 11 is 0. The van der Waals surface area contributed by atoms with Gasteiger partial charge in [-0.3, -0.25) is 29.4 Å². The van der Waals surface area contributed by atoms with Crippen molar-refractivity contribution < 1.29 is 38.4 Å². The molecule has 14 nitrogen and oxygen atoms in total. The van der Waals surface area contributed by atoms with Crippen LogP contribution in [0.15, 0.2) is 42.7 Å². The molecular weight excluding hydrogens is 749 g/mol. The summed E-state index contributed by atoms with van der Waals surface area (Å²) in [5.74, 6) is -0.771. The Balaban J connectivity index is 0.00000211. The third kappa shape index (κ3) is 9.28. The Bertz CT molecular complexity index is 2020. The van der Waals surface area contributed by atoms with E-state index >= 15 is 4.39 Å². The lowest BCUT2D eigenvalue weighted by Crippen LogP contribution is -2.47. The highest BCUT2D eigenvalue weighted by Crippen LogP contribution is 2.35. The Hall–Kier alpha value is -5.09. The minimum atomic E-state index is -0.575.